The fourth-order valence-electron chi connectivity index (χ4n) is 3.23. The Kier molecular flexibility index (Phi) is 5.72. The number of nitrogens with one attached hydrogen (secondary N) is 2. The molecule has 4 rings (SSSR count). The summed E-state index contributed by atoms with van der Waals surface area (Å²) in [7, 11) is 3.14. The minimum Gasteiger partial charge on any atom is -0.492 e. The predicted molar refractivity (Wildman–Crippen MR) is 114 cm³/mol. The summed E-state index contributed by atoms with van der Waals surface area (Å²) in [5.74, 6) is -2.63. The monoisotopic (exact) mass is 443 g/mol. The van der Waals surface area contributed by atoms with Crippen LogP contribution in [0.2, 0.25) is 0 Å². The van der Waals surface area contributed by atoms with Crippen molar-refractivity contribution in [2.45, 2.75) is 32.1 Å². The molecule has 0 radical (unpaired) electrons. The number of pyridine rings is 2. The van der Waals surface area contributed by atoms with Crippen molar-refractivity contribution in [3.8, 4) is 17.0 Å². The van der Waals surface area contributed by atoms with Crippen LogP contribution in [-0.2, 0) is 17.8 Å². The van der Waals surface area contributed by atoms with Crippen LogP contribution in [0.25, 0.3) is 11.3 Å². The number of aromatic nitrogens is 5. The summed E-state index contributed by atoms with van der Waals surface area (Å²) in [4.78, 5) is 21.8. The van der Waals surface area contributed by atoms with Crippen LogP contribution in [-0.4, -0.2) is 38.0 Å². The largest absolute Gasteiger partial charge is 0.492 e. The highest BCUT2D eigenvalue weighted by Crippen LogP contribution is 2.41. The quantitative estimate of drug-likeness (QED) is 0.544. The molecule has 0 aliphatic heterocycles. The summed E-state index contributed by atoms with van der Waals surface area (Å²) in [6.45, 7) is 1.39. The molecule has 168 valence electrons. The molecular formula is C21H23F2N7O2. The van der Waals surface area contributed by atoms with E-state index in [2.05, 4.69) is 30.8 Å². The van der Waals surface area contributed by atoms with E-state index in [1.54, 1.807) is 19.3 Å². The second-order valence-electron chi connectivity index (χ2n) is 7.52. The highest BCUT2D eigenvalue weighted by atomic mass is 19.3. The number of aryl methyl sites for hydroxylation is 1. The second-order valence-corrected chi connectivity index (χ2v) is 7.52. The number of nitrogens with zero attached hydrogens (tertiary/aromatic N) is 5. The molecule has 0 aromatic carbocycles. The highest BCUT2D eigenvalue weighted by Gasteiger charge is 2.34. The van der Waals surface area contributed by atoms with Crippen LogP contribution in [0.15, 0.2) is 30.7 Å². The fourth-order valence-corrected chi connectivity index (χ4v) is 3.23. The van der Waals surface area contributed by atoms with Gasteiger partial charge in [-0.3, -0.25) is 4.79 Å². The summed E-state index contributed by atoms with van der Waals surface area (Å²) < 4.78 is 34.9. The van der Waals surface area contributed by atoms with Crippen LogP contribution in [0, 0.1) is 5.92 Å². The number of alkyl halides is 2. The highest BCUT2D eigenvalue weighted by molar-refractivity contribution is 5.93. The molecule has 0 saturated heterocycles. The van der Waals surface area contributed by atoms with Gasteiger partial charge in [-0.15, -0.1) is 0 Å². The Morgan fingerprint density at radius 1 is 1.31 bits per heavy atom. The lowest BCUT2D eigenvalue weighted by molar-refractivity contribution is -0.117. The van der Waals surface area contributed by atoms with E-state index in [4.69, 9.17) is 4.74 Å². The molecule has 0 spiro atoms. The zero-order chi connectivity index (χ0) is 22.9. The average molecular weight is 443 g/mol. The maximum Gasteiger partial charge on any atom is 0.276 e. The summed E-state index contributed by atoms with van der Waals surface area (Å²) in [6, 6.07) is 3.08. The van der Waals surface area contributed by atoms with Crippen molar-refractivity contribution in [1.82, 2.24) is 25.0 Å². The zero-order valence-electron chi connectivity index (χ0n) is 17.9. The van der Waals surface area contributed by atoms with E-state index in [9.17, 15) is 13.6 Å². The van der Waals surface area contributed by atoms with Gasteiger partial charge in [-0.1, -0.05) is 6.92 Å². The first kappa shape index (κ1) is 21.6. The molecular weight excluding hydrogens is 420 g/mol. The maximum atomic E-state index is 14.7. The van der Waals surface area contributed by atoms with Crippen LogP contribution in [0.5, 0.6) is 5.75 Å². The Morgan fingerprint density at radius 2 is 2.09 bits per heavy atom. The Morgan fingerprint density at radius 3 is 2.72 bits per heavy atom. The van der Waals surface area contributed by atoms with Gasteiger partial charge in [-0.25, -0.2) is 18.7 Å². The molecule has 1 amide bonds. The Balaban J connectivity index is 1.74. The predicted octanol–water partition coefficient (Wildman–Crippen LogP) is 3.87. The van der Waals surface area contributed by atoms with Crippen LogP contribution in [0.4, 0.5) is 26.1 Å². The van der Waals surface area contributed by atoms with E-state index in [1.807, 2.05) is 0 Å². The van der Waals surface area contributed by atoms with Gasteiger partial charge in [0.1, 0.15) is 11.5 Å². The van der Waals surface area contributed by atoms with E-state index in [0.29, 0.717) is 17.0 Å². The molecule has 11 heteroatoms. The number of methoxy groups -OCH3 is 1. The average Bonchev–Trinajstić information content (AvgIpc) is 3.54. The van der Waals surface area contributed by atoms with E-state index >= 15 is 0 Å². The first-order chi connectivity index (χ1) is 15.3. The van der Waals surface area contributed by atoms with Crippen molar-refractivity contribution in [3.05, 3.63) is 36.3 Å². The third-order valence-electron chi connectivity index (χ3n) is 5.18. The van der Waals surface area contributed by atoms with Gasteiger partial charge in [0.05, 0.1) is 30.1 Å². The van der Waals surface area contributed by atoms with Gasteiger partial charge in [0.15, 0.2) is 11.6 Å². The first-order valence-electron chi connectivity index (χ1n) is 10.2. The molecule has 1 fully saturated rings. The maximum absolute atomic E-state index is 14.7. The first-order valence-corrected chi connectivity index (χ1v) is 10.2. The van der Waals surface area contributed by atoms with Gasteiger partial charge in [-0.05, 0) is 18.9 Å². The molecule has 3 heterocycles. The summed E-state index contributed by atoms with van der Waals surface area (Å²) >= 11 is 0. The minimum absolute atomic E-state index is 0.0459. The molecule has 1 aliphatic carbocycles. The molecule has 3 aromatic rings. The van der Waals surface area contributed by atoms with Crippen LogP contribution >= 0.6 is 0 Å². The lowest BCUT2D eigenvalue weighted by Crippen LogP contribution is -2.18. The Bertz CT molecular complexity index is 1140. The fraction of sp³-hybridized carbons (Fsp3) is 0.381. The molecule has 32 heavy (non-hydrogen) atoms. The zero-order valence-corrected chi connectivity index (χ0v) is 17.9. The smallest absolute Gasteiger partial charge is 0.276 e. The van der Waals surface area contributed by atoms with E-state index in [1.165, 1.54) is 31.1 Å². The van der Waals surface area contributed by atoms with Gasteiger partial charge in [0.2, 0.25) is 5.91 Å². The van der Waals surface area contributed by atoms with Gasteiger partial charge in [0.25, 0.3) is 5.92 Å². The number of carbonyl (C=O) groups excluding carboxylic acids is 1. The van der Waals surface area contributed by atoms with E-state index in [0.717, 1.165) is 19.0 Å². The number of amides is 1. The third kappa shape index (κ3) is 4.36. The van der Waals surface area contributed by atoms with Gasteiger partial charge < -0.3 is 15.4 Å². The van der Waals surface area contributed by atoms with E-state index < -0.39 is 12.3 Å². The minimum atomic E-state index is -3.13. The topological polar surface area (TPSA) is 107 Å². The van der Waals surface area contributed by atoms with Crippen molar-refractivity contribution in [2.24, 2.45) is 13.0 Å². The van der Waals surface area contributed by atoms with Gasteiger partial charge in [-0.2, -0.15) is 15.0 Å². The standard InChI is InChI=1S/C21H23F2N7O2/c1-4-21(22,23)14-10-25-17(28-20(31)12-5-6-12)9-15(14)27-19-18(32-3)13(7-8-24-19)16-11-26-30(2)29-16/h7-12H,4-6H2,1-3H3,(H2,24,25,27,28,31). The number of hydrogen-bond acceptors (Lipinski definition) is 7. The number of anilines is 3. The molecule has 1 aliphatic rings. The summed E-state index contributed by atoms with van der Waals surface area (Å²) in [6.07, 6.45) is 5.38. The van der Waals surface area contributed by atoms with Crippen molar-refractivity contribution in [2.75, 3.05) is 17.7 Å². The molecule has 9 nitrogen and oxygen atoms in total. The van der Waals surface area contributed by atoms with Gasteiger partial charge >= 0.3 is 0 Å². The third-order valence-corrected chi connectivity index (χ3v) is 5.18. The Labute approximate surface area is 183 Å². The number of hydrogen-bond donors (Lipinski definition) is 2. The van der Waals surface area contributed by atoms with Crippen molar-refractivity contribution in [3.63, 3.8) is 0 Å². The van der Waals surface area contributed by atoms with Gasteiger partial charge in [0, 0.05) is 37.8 Å². The number of halogens is 2. The number of carbonyl (C=O) groups is 1. The number of rotatable bonds is 8. The lowest BCUT2D eigenvalue weighted by Gasteiger charge is -2.21. The van der Waals surface area contributed by atoms with Crippen LogP contribution in [0.1, 0.15) is 31.7 Å². The summed E-state index contributed by atoms with van der Waals surface area (Å²) in [5, 5.41) is 14.0. The van der Waals surface area contributed by atoms with Crippen molar-refractivity contribution < 1.29 is 18.3 Å². The van der Waals surface area contributed by atoms with Crippen LogP contribution in [0.3, 0.4) is 0 Å². The molecule has 2 N–H and O–H groups in total. The molecule has 1 saturated carbocycles. The lowest BCUT2D eigenvalue weighted by atomic mass is 10.1. The SMILES string of the molecule is CCC(F)(F)c1cnc(NC(=O)C2CC2)cc1Nc1nccc(-c2cnn(C)n2)c1OC. The van der Waals surface area contributed by atoms with Crippen molar-refractivity contribution in [1.29, 1.82) is 0 Å². The molecule has 0 unspecified atom stereocenters. The van der Waals surface area contributed by atoms with E-state index in [-0.39, 0.29) is 34.7 Å². The van der Waals surface area contributed by atoms with Crippen molar-refractivity contribution >= 4 is 23.2 Å². The normalized spacial score (nSPS) is 13.7. The number of ether oxygens (including phenoxy) is 1. The molecule has 0 bridgehead atoms. The summed E-state index contributed by atoms with van der Waals surface area (Å²) in [5.41, 5.74) is 0.900. The molecule has 3 aromatic heterocycles. The Hall–Kier alpha value is -3.63. The molecule has 0 atom stereocenters. The van der Waals surface area contributed by atoms with Crippen LogP contribution < -0.4 is 15.4 Å². The second kappa shape index (κ2) is 8.48.